The number of unbranched alkanes of at least 4 members (excludes halogenated alkanes) is 10. The maximum Gasteiger partial charge on any atom is 0.500 e. The van der Waals surface area contributed by atoms with Crippen molar-refractivity contribution in [1.82, 2.24) is 0 Å². The van der Waals surface area contributed by atoms with Crippen LogP contribution in [-0.2, 0) is 22.8 Å². The fraction of sp³-hybridized carbons (Fsp3) is 0.947. The highest BCUT2D eigenvalue weighted by atomic mass is 28.4. The van der Waals surface area contributed by atoms with Crippen molar-refractivity contribution in [1.29, 1.82) is 0 Å². The first kappa shape index (κ1) is 24.6. The monoisotopic (exact) mass is 376 g/mol. The Hall–Kier alpha value is -0.433. The molecule has 25 heavy (non-hydrogen) atoms. The molecule has 0 bridgehead atoms. The molecule has 0 fully saturated rings. The highest BCUT2D eigenvalue weighted by Crippen LogP contribution is 2.18. The lowest BCUT2D eigenvalue weighted by atomic mass is 10.1. The van der Waals surface area contributed by atoms with Crippen molar-refractivity contribution in [2.45, 2.75) is 90.0 Å². The molecule has 0 aliphatic rings. The Morgan fingerprint density at radius 3 is 1.48 bits per heavy atom. The van der Waals surface area contributed by atoms with E-state index in [1.165, 1.54) is 57.8 Å². The Morgan fingerprint density at radius 2 is 1.08 bits per heavy atom. The molecule has 0 atom stereocenters. The third-order valence-corrected chi connectivity index (χ3v) is 7.44. The number of hydrogen-bond donors (Lipinski definition) is 0. The first-order chi connectivity index (χ1) is 12.1. The summed E-state index contributed by atoms with van der Waals surface area (Å²) in [5.41, 5.74) is 0. The minimum atomic E-state index is -2.35. The quantitative estimate of drug-likeness (QED) is 0.189. The molecule has 5 nitrogen and oxygen atoms in total. The number of carbonyl (C=O) groups excluding carboxylic acids is 1. The van der Waals surface area contributed by atoms with Gasteiger partial charge in [-0.15, -0.1) is 0 Å². The van der Waals surface area contributed by atoms with Crippen LogP contribution in [0.2, 0.25) is 6.04 Å². The molecule has 0 aliphatic heterocycles. The average molecular weight is 377 g/mol. The van der Waals surface area contributed by atoms with Crippen LogP contribution >= 0.6 is 0 Å². The molecular formula is C19H40O5Si. The van der Waals surface area contributed by atoms with Gasteiger partial charge in [0.2, 0.25) is 0 Å². The van der Waals surface area contributed by atoms with Crippen molar-refractivity contribution >= 4 is 14.8 Å². The van der Waals surface area contributed by atoms with Gasteiger partial charge in [-0.25, -0.2) is 0 Å². The van der Waals surface area contributed by atoms with Gasteiger partial charge in [0, 0.05) is 33.8 Å². The maximum absolute atomic E-state index is 11.0. The van der Waals surface area contributed by atoms with Crippen molar-refractivity contribution in [3.05, 3.63) is 0 Å². The van der Waals surface area contributed by atoms with Gasteiger partial charge in [-0.1, -0.05) is 64.7 Å². The van der Waals surface area contributed by atoms with Gasteiger partial charge in [0.25, 0.3) is 0 Å². The first-order valence-electron chi connectivity index (χ1n) is 9.95. The molecule has 0 aliphatic carbocycles. The molecule has 0 rings (SSSR count). The van der Waals surface area contributed by atoms with E-state index in [0.717, 1.165) is 18.9 Å². The zero-order valence-corrected chi connectivity index (χ0v) is 17.9. The van der Waals surface area contributed by atoms with E-state index >= 15 is 0 Å². The van der Waals surface area contributed by atoms with E-state index in [2.05, 4.69) is 0 Å². The molecule has 0 saturated carbocycles. The van der Waals surface area contributed by atoms with Crippen LogP contribution in [0.3, 0.4) is 0 Å². The van der Waals surface area contributed by atoms with Crippen LogP contribution in [0.15, 0.2) is 0 Å². The summed E-state index contributed by atoms with van der Waals surface area (Å²) in [5.74, 6) is -0.0836. The fourth-order valence-electron chi connectivity index (χ4n) is 2.88. The third-order valence-electron chi connectivity index (χ3n) is 4.61. The largest absolute Gasteiger partial charge is 0.500 e. The molecule has 0 aromatic rings. The van der Waals surface area contributed by atoms with Gasteiger partial charge < -0.3 is 18.0 Å². The molecule has 0 aromatic heterocycles. The zero-order valence-electron chi connectivity index (χ0n) is 16.9. The molecule has 0 saturated heterocycles. The summed E-state index contributed by atoms with van der Waals surface area (Å²) in [6.45, 7) is 2.42. The Bertz CT molecular complexity index is 300. The lowest BCUT2D eigenvalue weighted by Crippen LogP contribution is -2.42. The summed E-state index contributed by atoms with van der Waals surface area (Å²) in [4.78, 5) is 11.0. The summed E-state index contributed by atoms with van der Waals surface area (Å²) < 4.78 is 21.4. The molecule has 0 amide bonds. The Kier molecular flexibility index (Phi) is 16.7. The van der Waals surface area contributed by atoms with Crippen LogP contribution in [0.4, 0.5) is 0 Å². The second-order valence-electron chi connectivity index (χ2n) is 6.51. The smallest absolute Gasteiger partial charge is 0.466 e. The maximum atomic E-state index is 11.0. The lowest BCUT2D eigenvalue weighted by molar-refractivity contribution is -0.143. The minimum Gasteiger partial charge on any atom is -0.466 e. The topological polar surface area (TPSA) is 54.0 Å². The molecule has 0 unspecified atom stereocenters. The van der Waals surface area contributed by atoms with Crippen LogP contribution in [0.5, 0.6) is 0 Å². The fourth-order valence-corrected chi connectivity index (χ4v) is 4.67. The number of ether oxygens (including phenoxy) is 1. The zero-order chi connectivity index (χ0) is 18.8. The molecule has 150 valence electrons. The van der Waals surface area contributed by atoms with Crippen molar-refractivity contribution in [2.24, 2.45) is 0 Å². The number of rotatable bonds is 18. The van der Waals surface area contributed by atoms with Crippen LogP contribution in [-0.4, -0.2) is 42.7 Å². The molecule has 0 spiro atoms. The summed E-state index contributed by atoms with van der Waals surface area (Å²) >= 11 is 0. The molecule has 6 heteroatoms. The Labute approximate surface area is 156 Å². The van der Waals surface area contributed by atoms with Crippen molar-refractivity contribution < 1.29 is 22.8 Å². The minimum absolute atomic E-state index is 0.0836. The molecule has 0 N–H and O–H groups in total. The van der Waals surface area contributed by atoms with E-state index in [1.54, 1.807) is 21.3 Å². The number of carbonyl (C=O) groups is 1. The first-order valence-corrected chi connectivity index (χ1v) is 11.9. The molecule has 0 aromatic carbocycles. The van der Waals surface area contributed by atoms with Gasteiger partial charge in [0.05, 0.1) is 6.61 Å². The lowest BCUT2D eigenvalue weighted by Gasteiger charge is -2.24. The Balaban J connectivity index is 3.28. The van der Waals surface area contributed by atoms with E-state index in [9.17, 15) is 4.79 Å². The highest BCUT2D eigenvalue weighted by molar-refractivity contribution is 6.60. The van der Waals surface area contributed by atoms with E-state index in [4.69, 9.17) is 18.0 Å². The predicted octanol–water partition coefficient (Wildman–Crippen LogP) is 5.11. The van der Waals surface area contributed by atoms with E-state index in [-0.39, 0.29) is 5.97 Å². The van der Waals surface area contributed by atoms with Gasteiger partial charge in [-0.05, 0) is 12.8 Å². The predicted molar refractivity (Wildman–Crippen MR) is 104 cm³/mol. The van der Waals surface area contributed by atoms with Gasteiger partial charge in [-0.3, -0.25) is 4.79 Å². The molecule has 0 heterocycles. The van der Waals surface area contributed by atoms with E-state index in [1.807, 2.05) is 6.92 Å². The van der Waals surface area contributed by atoms with Gasteiger partial charge in [-0.2, -0.15) is 0 Å². The molecule has 0 radical (unpaired) electrons. The van der Waals surface area contributed by atoms with Crippen LogP contribution in [0.25, 0.3) is 0 Å². The normalized spacial score (nSPS) is 11.7. The summed E-state index contributed by atoms with van der Waals surface area (Å²) in [5, 5.41) is 0. The second kappa shape index (κ2) is 17.0. The summed E-state index contributed by atoms with van der Waals surface area (Å²) in [6.07, 6.45) is 14.1. The standard InChI is InChI=1S/C19H40O5Si/c1-5-19(20)24-17-15-13-11-9-7-6-8-10-12-14-16-18-25(21-2,22-3)23-4/h5-18H2,1-4H3. The van der Waals surface area contributed by atoms with Crippen molar-refractivity contribution in [2.75, 3.05) is 27.9 Å². The SMILES string of the molecule is CCC(=O)OCCCCCCCCCCCCC[Si](OC)(OC)OC. The van der Waals surface area contributed by atoms with Crippen molar-refractivity contribution in [3.8, 4) is 0 Å². The van der Waals surface area contributed by atoms with Gasteiger partial charge >= 0.3 is 14.8 Å². The van der Waals surface area contributed by atoms with Crippen molar-refractivity contribution in [3.63, 3.8) is 0 Å². The summed E-state index contributed by atoms with van der Waals surface area (Å²) in [7, 11) is 2.68. The van der Waals surface area contributed by atoms with Gasteiger partial charge in [0.1, 0.15) is 0 Å². The van der Waals surface area contributed by atoms with Crippen LogP contribution in [0, 0.1) is 0 Å². The van der Waals surface area contributed by atoms with E-state index in [0.29, 0.717) is 13.0 Å². The number of hydrogen-bond acceptors (Lipinski definition) is 5. The third kappa shape index (κ3) is 13.4. The highest BCUT2D eigenvalue weighted by Gasteiger charge is 2.36. The van der Waals surface area contributed by atoms with Gasteiger partial charge in [0.15, 0.2) is 0 Å². The summed E-state index contributed by atoms with van der Waals surface area (Å²) in [6, 6.07) is 0.907. The number of esters is 1. The Morgan fingerprint density at radius 1 is 0.680 bits per heavy atom. The molecular weight excluding hydrogens is 336 g/mol. The second-order valence-corrected chi connectivity index (χ2v) is 9.60. The van der Waals surface area contributed by atoms with E-state index < -0.39 is 8.80 Å². The van der Waals surface area contributed by atoms with Crippen LogP contribution in [0.1, 0.15) is 84.0 Å². The average Bonchev–Trinajstić information content (AvgIpc) is 2.65. The van der Waals surface area contributed by atoms with Crippen LogP contribution < -0.4 is 0 Å².